The van der Waals surface area contributed by atoms with Gasteiger partial charge in [0.2, 0.25) is 0 Å². The van der Waals surface area contributed by atoms with Gasteiger partial charge in [0.1, 0.15) is 16.7 Å². The van der Waals surface area contributed by atoms with E-state index in [0.717, 1.165) is 33.8 Å². The maximum Gasteiger partial charge on any atom is 0.265 e. The van der Waals surface area contributed by atoms with Crippen LogP contribution in [0.2, 0.25) is 5.02 Å². The third kappa shape index (κ3) is 5.17. The number of ether oxygens (including phenoxy) is 1. The van der Waals surface area contributed by atoms with Crippen molar-refractivity contribution in [3.63, 3.8) is 0 Å². The summed E-state index contributed by atoms with van der Waals surface area (Å²) in [5.74, 6) is 0.643. The van der Waals surface area contributed by atoms with Crippen LogP contribution >= 0.6 is 35.6 Å². The van der Waals surface area contributed by atoms with Gasteiger partial charge in [0.15, 0.2) is 0 Å². The van der Waals surface area contributed by atoms with Crippen LogP contribution in [0.5, 0.6) is 5.75 Å². The second kappa shape index (κ2) is 10.1. The molecule has 0 spiro atoms. The normalized spacial score (nSPS) is 14.7. The van der Waals surface area contributed by atoms with Crippen molar-refractivity contribution in [3.8, 4) is 22.7 Å². The predicted molar refractivity (Wildman–Crippen MR) is 146 cm³/mol. The Morgan fingerprint density at radius 3 is 2.40 bits per heavy atom. The van der Waals surface area contributed by atoms with E-state index in [0.29, 0.717) is 20.9 Å². The Hall–Kier alpha value is -3.39. The molecule has 35 heavy (non-hydrogen) atoms. The lowest BCUT2D eigenvalue weighted by Gasteiger charge is -2.07. The van der Waals surface area contributed by atoms with E-state index in [1.807, 2.05) is 95.8 Å². The van der Waals surface area contributed by atoms with E-state index in [2.05, 4.69) is 0 Å². The number of carbonyl (C=O) groups is 1. The van der Waals surface area contributed by atoms with E-state index in [1.165, 1.54) is 16.7 Å². The molecule has 0 atom stereocenters. The zero-order valence-electron chi connectivity index (χ0n) is 18.7. The third-order valence-corrected chi connectivity index (χ3v) is 7.22. The van der Waals surface area contributed by atoms with Crippen molar-refractivity contribution in [2.45, 2.75) is 6.61 Å². The Bertz CT molecular complexity index is 1420. The van der Waals surface area contributed by atoms with Crippen LogP contribution in [0.4, 0.5) is 0 Å². The summed E-state index contributed by atoms with van der Waals surface area (Å²) in [4.78, 5) is 14.7. The number of nitrogens with zero attached hydrogens (tertiary/aromatic N) is 3. The minimum Gasteiger partial charge on any atom is -0.489 e. The summed E-state index contributed by atoms with van der Waals surface area (Å²) in [6, 6.07) is 25.2. The molecule has 0 saturated carbocycles. The van der Waals surface area contributed by atoms with Gasteiger partial charge in [-0.15, -0.1) is 0 Å². The number of likely N-dealkylation sites (N-methyl/N-ethyl adjacent to an activating group) is 1. The highest BCUT2D eigenvalue weighted by Crippen LogP contribution is 2.34. The molecule has 0 unspecified atom stereocenters. The van der Waals surface area contributed by atoms with Crippen molar-refractivity contribution in [2.24, 2.45) is 0 Å². The predicted octanol–water partition coefficient (Wildman–Crippen LogP) is 6.60. The molecule has 5 rings (SSSR count). The molecule has 0 bridgehead atoms. The van der Waals surface area contributed by atoms with Gasteiger partial charge in [0.25, 0.3) is 5.91 Å². The number of benzene rings is 3. The summed E-state index contributed by atoms with van der Waals surface area (Å²) in [6.45, 7) is 0.448. The minimum atomic E-state index is -0.107. The lowest BCUT2D eigenvalue weighted by Crippen LogP contribution is -2.22. The monoisotopic (exact) mass is 517 g/mol. The Morgan fingerprint density at radius 1 is 1.03 bits per heavy atom. The van der Waals surface area contributed by atoms with Crippen LogP contribution in [0.3, 0.4) is 0 Å². The number of hydrogen-bond acceptors (Lipinski definition) is 5. The topological polar surface area (TPSA) is 47.4 Å². The minimum absolute atomic E-state index is 0.107. The quantitative estimate of drug-likeness (QED) is 0.213. The molecule has 1 fully saturated rings. The van der Waals surface area contributed by atoms with Crippen molar-refractivity contribution in [3.05, 3.63) is 106 Å². The number of thiocarbonyl (C=S) groups is 1. The first kappa shape index (κ1) is 23.4. The van der Waals surface area contributed by atoms with Crippen LogP contribution in [0.15, 0.2) is 90.0 Å². The standard InChI is InChI=1S/C27H20ClN3O2S2/c1-30-26(32)24(35-27(30)34)15-20-16-31(22-5-3-2-4-6-22)29-25(20)19-9-13-23(14-10-19)33-17-18-7-11-21(28)12-8-18/h2-16H,17H2,1H3/b24-15-. The summed E-state index contributed by atoms with van der Waals surface area (Å²) >= 11 is 12.5. The number of carbonyl (C=O) groups excluding carboxylic acids is 1. The van der Waals surface area contributed by atoms with Crippen LogP contribution in [-0.2, 0) is 11.4 Å². The van der Waals surface area contributed by atoms with Gasteiger partial charge < -0.3 is 4.74 Å². The Kier molecular flexibility index (Phi) is 6.72. The van der Waals surface area contributed by atoms with Crippen LogP contribution in [0, 0.1) is 0 Å². The van der Waals surface area contributed by atoms with E-state index in [1.54, 1.807) is 7.05 Å². The van der Waals surface area contributed by atoms with Gasteiger partial charge in [0.05, 0.1) is 16.3 Å². The fraction of sp³-hybridized carbons (Fsp3) is 0.0741. The highest BCUT2D eigenvalue weighted by molar-refractivity contribution is 8.26. The van der Waals surface area contributed by atoms with E-state index < -0.39 is 0 Å². The average Bonchev–Trinajstić information content (AvgIpc) is 3.41. The maximum absolute atomic E-state index is 12.6. The van der Waals surface area contributed by atoms with Gasteiger partial charge in [-0.25, -0.2) is 4.68 Å². The number of para-hydroxylation sites is 1. The third-order valence-electron chi connectivity index (χ3n) is 5.48. The van der Waals surface area contributed by atoms with Gasteiger partial charge in [-0.3, -0.25) is 9.69 Å². The van der Waals surface area contributed by atoms with E-state index in [9.17, 15) is 4.79 Å². The van der Waals surface area contributed by atoms with Crippen molar-refractivity contribution >= 4 is 51.9 Å². The molecule has 1 aliphatic heterocycles. The molecule has 8 heteroatoms. The van der Waals surface area contributed by atoms with Crippen molar-refractivity contribution in [2.75, 3.05) is 7.05 Å². The zero-order chi connectivity index (χ0) is 24.4. The van der Waals surface area contributed by atoms with Gasteiger partial charge in [-0.05, 0) is 60.2 Å². The number of amides is 1. The first-order valence-corrected chi connectivity index (χ1v) is 12.4. The summed E-state index contributed by atoms with van der Waals surface area (Å²) in [6.07, 6.45) is 3.79. The van der Waals surface area contributed by atoms with Gasteiger partial charge in [0, 0.05) is 29.4 Å². The Morgan fingerprint density at radius 2 is 1.74 bits per heavy atom. The van der Waals surface area contributed by atoms with Crippen molar-refractivity contribution in [1.82, 2.24) is 14.7 Å². The molecule has 3 aromatic carbocycles. The second-order valence-corrected chi connectivity index (χ2v) is 10.0. The van der Waals surface area contributed by atoms with Crippen LogP contribution in [-0.4, -0.2) is 32.0 Å². The number of thioether (sulfide) groups is 1. The largest absolute Gasteiger partial charge is 0.489 e. The smallest absolute Gasteiger partial charge is 0.265 e. The molecule has 1 aromatic heterocycles. The number of halogens is 1. The maximum atomic E-state index is 12.6. The van der Waals surface area contributed by atoms with Gasteiger partial charge in [-0.1, -0.05) is 65.9 Å². The van der Waals surface area contributed by atoms with E-state index >= 15 is 0 Å². The fourth-order valence-corrected chi connectivity index (χ4v) is 4.87. The van der Waals surface area contributed by atoms with Crippen LogP contribution < -0.4 is 4.74 Å². The Balaban J connectivity index is 1.45. The molecule has 0 aliphatic carbocycles. The van der Waals surface area contributed by atoms with Gasteiger partial charge >= 0.3 is 0 Å². The molecule has 1 amide bonds. The second-order valence-electron chi connectivity index (χ2n) is 7.89. The molecule has 4 aromatic rings. The molecule has 5 nitrogen and oxygen atoms in total. The SMILES string of the molecule is CN1C(=O)/C(=C/c2cn(-c3ccccc3)nc2-c2ccc(OCc3ccc(Cl)cc3)cc2)SC1=S. The summed E-state index contributed by atoms with van der Waals surface area (Å²) in [5, 5.41) is 5.54. The lowest BCUT2D eigenvalue weighted by molar-refractivity contribution is -0.121. The molecule has 2 heterocycles. The molecule has 174 valence electrons. The van der Waals surface area contributed by atoms with E-state index in [4.69, 9.17) is 33.7 Å². The van der Waals surface area contributed by atoms with Crippen LogP contribution in [0.1, 0.15) is 11.1 Å². The lowest BCUT2D eigenvalue weighted by atomic mass is 10.1. The van der Waals surface area contributed by atoms with Crippen molar-refractivity contribution < 1.29 is 9.53 Å². The highest BCUT2D eigenvalue weighted by atomic mass is 35.5. The molecular formula is C27H20ClN3O2S2. The van der Waals surface area contributed by atoms with E-state index in [-0.39, 0.29) is 5.91 Å². The average molecular weight is 518 g/mol. The molecule has 1 aliphatic rings. The summed E-state index contributed by atoms with van der Waals surface area (Å²) in [5.41, 5.74) is 4.48. The van der Waals surface area contributed by atoms with Crippen LogP contribution in [0.25, 0.3) is 23.0 Å². The number of aromatic nitrogens is 2. The van der Waals surface area contributed by atoms with Crippen molar-refractivity contribution in [1.29, 1.82) is 0 Å². The first-order chi connectivity index (χ1) is 17.0. The molecule has 1 saturated heterocycles. The van der Waals surface area contributed by atoms with Gasteiger partial charge in [-0.2, -0.15) is 5.10 Å². The summed E-state index contributed by atoms with van der Waals surface area (Å²) < 4.78 is 8.28. The molecule has 0 radical (unpaired) electrons. The zero-order valence-corrected chi connectivity index (χ0v) is 21.1. The summed E-state index contributed by atoms with van der Waals surface area (Å²) in [7, 11) is 1.69. The number of rotatable bonds is 6. The fourth-order valence-electron chi connectivity index (χ4n) is 3.57. The first-order valence-electron chi connectivity index (χ1n) is 10.8. The molecular weight excluding hydrogens is 498 g/mol. The highest BCUT2D eigenvalue weighted by Gasteiger charge is 2.29. The molecule has 0 N–H and O–H groups in total. The Labute approximate surface area is 218 Å². The number of hydrogen-bond donors (Lipinski definition) is 0.